The molecule has 30 heavy (non-hydrogen) atoms. The molecule has 2 bridgehead atoms. The largest absolute Gasteiger partial charge is 0.330 e. The van der Waals surface area contributed by atoms with E-state index in [0.717, 1.165) is 12.5 Å². The second-order valence-corrected chi connectivity index (χ2v) is 8.41. The third-order valence-corrected chi connectivity index (χ3v) is 6.53. The summed E-state index contributed by atoms with van der Waals surface area (Å²) in [5.41, 5.74) is 6.56. The molecule has 5 atom stereocenters. The molecule has 160 valence electrons. The number of fused-ring (bicyclic) bond motifs is 2. The standard InChI is InChI=1S/C21H25F2N5O2/c1-12(13-5-14(22)7-15(23)6-13)28-17-8-19(21(28)30)26(10-17)11-18(25)20(29)27-4-2-3-16(27)9-24/h5-7,12,16-19H,2-4,8,10-11,25H2,1H3/t12-,16-,17?,18-,19+/m0/s1. The number of nitrogens with two attached hydrogens (primary N) is 1. The Morgan fingerprint density at radius 1 is 1.33 bits per heavy atom. The molecule has 3 aliphatic heterocycles. The lowest BCUT2D eigenvalue weighted by atomic mass is 10.0. The van der Waals surface area contributed by atoms with Gasteiger partial charge in [0, 0.05) is 31.7 Å². The second kappa shape index (κ2) is 7.93. The van der Waals surface area contributed by atoms with Gasteiger partial charge in [-0.15, -0.1) is 0 Å². The number of nitrogens with zero attached hydrogens (tertiary/aromatic N) is 4. The minimum Gasteiger partial charge on any atom is -0.330 e. The van der Waals surface area contributed by atoms with Crippen molar-refractivity contribution in [2.45, 2.75) is 56.4 Å². The van der Waals surface area contributed by atoms with Crippen LogP contribution in [0.5, 0.6) is 0 Å². The Labute approximate surface area is 174 Å². The maximum Gasteiger partial charge on any atom is 0.241 e. The van der Waals surface area contributed by atoms with Crippen LogP contribution in [0, 0.1) is 23.0 Å². The SMILES string of the molecule is C[C@@H](c1cc(F)cc(F)c1)N1C(=O)[C@H]2CC1CN2C[C@H](N)C(=O)N1CCC[C@H]1C#N. The number of nitriles is 1. The summed E-state index contributed by atoms with van der Waals surface area (Å²) in [6.45, 7) is 3.10. The Balaban J connectivity index is 1.41. The van der Waals surface area contributed by atoms with Crippen LogP contribution in [0.15, 0.2) is 18.2 Å². The van der Waals surface area contributed by atoms with Gasteiger partial charge in [-0.3, -0.25) is 14.5 Å². The van der Waals surface area contributed by atoms with Crippen molar-refractivity contribution in [2.24, 2.45) is 5.73 Å². The summed E-state index contributed by atoms with van der Waals surface area (Å²) in [4.78, 5) is 30.8. The lowest BCUT2D eigenvalue weighted by Crippen LogP contribution is -2.56. The van der Waals surface area contributed by atoms with Gasteiger partial charge in [-0.25, -0.2) is 8.78 Å². The summed E-state index contributed by atoms with van der Waals surface area (Å²) in [7, 11) is 0. The zero-order chi connectivity index (χ0) is 21.6. The first-order valence-electron chi connectivity index (χ1n) is 10.3. The fourth-order valence-corrected chi connectivity index (χ4v) is 5.08. The molecule has 2 amide bonds. The van der Waals surface area contributed by atoms with Gasteiger partial charge in [0.25, 0.3) is 0 Å². The predicted octanol–water partition coefficient (Wildman–Crippen LogP) is 1.15. The zero-order valence-electron chi connectivity index (χ0n) is 16.8. The smallest absolute Gasteiger partial charge is 0.241 e. The number of rotatable bonds is 5. The van der Waals surface area contributed by atoms with Crippen molar-refractivity contribution < 1.29 is 18.4 Å². The summed E-state index contributed by atoms with van der Waals surface area (Å²) < 4.78 is 27.2. The van der Waals surface area contributed by atoms with Crippen molar-refractivity contribution in [1.82, 2.24) is 14.7 Å². The van der Waals surface area contributed by atoms with Crippen LogP contribution in [0.2, 0.25) is 0 Å². The molecule has 4 rings (SSSR count). The van der Waals surface area contributed by atoms with E-state index in [1.165, 1.54) is 17.0 Å². The minimum atomic E-state index is -0.797. The molecule has 0 radical (unpaired) electrons. The van der Waals surface area contributed by atoms with E-state index in [1.807, 2.05) is 4.90 Å². The maximum atomic E-state index is 13.6. The topological polar surface area (TPSA) is 93.7 Å². The van der Waals surface area contributed by atoms with Crippen molar-refractivity contribution in [2.75, 3.05) is 19.6 Å². The molecule has 1 aromatic rings. The van der Waals surface area contributed by atoms with Crippen molar-refractivity contribution >= 4 is 11.8 Å². The summed E-state index contributed by atoms with van der Waals surface area (Å²) in [5.74, 6) is -1.71. The third kappa shape index (κ3) is 3.55. The second-order valence-electron chi connectivity index (χ2n) is 8.41. The van der Waals surface area contributed by atoms with Crippen molar-refractivity contribution in [1.29, 1.82) is 5.26 Å². The van der Waals surface area contributed by atoms with E-state index in [-0.39, 0.29) is 30.4 Å². The highest BCUT2D eigenvalue weighted by Gasteiger charge is 2.51. The molecular formula is C21H25F2N5O2. The average Bonchev–Trinajstić information content (AvgIpc) is 3.40. The Kier molecular flexibility index (Phi) is 5.47. The number of carbonyl (C=O) groups is 2. The van der Waals surface area contributed by atoms with Crippen molar-refractivity contribution in [3.05, 3.63) is 35.4 Å². The average molecular weight is 417 g/mol. The normalized spacial score (nSPS) is 28.1. The number of hydrogen-bond acceptors (Lipinski definition) is 5. The molecule has 0 aromatic heterocycles. The van der Waals surface area contributed by atoms with Gasteiger partial charge in [0.15, 0.2) is 0 Å². The van der Waals surface area contributed by atoms with Crippen LogP contribution < -0.4 is 5.73 Å². The highest BCUT2D eigenvalue weighted by molar-refractivity contribution is 5.87. The van der Waals surface area contributed by atoms with Gasteiger partial charge in [-0.05, 0) is 43.9 Å². The molecule has 1 unspecified atom stereocenters. The van der Waals surface area contributed by atoms with Crippen LogP contribution in [0.1, 0.15) is 37.8 Å². The molecule has 3 heterocycles. The Hall–Kier alpha value is -2.57. The van der Waals surface area contributed by atoms with Crippen LogP contribution in [-0.4, -0.2) is 70.3 Å². The summed E-state index contributed by atoms with van der Waals surface area (Å²) in [6.07, 6.45) is 2.05. The highest BCUT2D eigenvalue weighted by Crippen LogP contribution is 2.38. The number of carbonyl (C=O) groups excluding carboxylic acids is 2. The van der Waals surface area contributed by atoms with E-state index >= 15 is 0 Å². The molecule has 1 aromatic carbocycles. The van der Waals surface area contributed by atoms with Crippen LogP contribution in [-0.2, 0) is 9.59 Å². The Bertz CT molecular complexity index is 884. The molecule has 3 saturated heterocycles. The van der Waals surface area contributed by atoms with Gasteiger partial charge in [0.1, 0.15) is 17.7 Å². The molecule has 9 heteroatoms. The van der Waals surface area contributed by atoms with Gasteiger partial charge in [-0.2, -0.15) is 5.26 Å². The summed E-state index contributed by atoms with van der Waals surface area (Å²) >= 11 is 0. The molecule has 0 aliphatic carbocycles. The number of piperazine rings is 1. The molecule has 0 saturated carbocycles. The summed E-state index contributed by atoms with van der Waals surface area (Å²) in [6, 6.07) is 3.30. The lowest BCUT2D eigenvalue weighted by Gasteiger charge is -2.38. The van der Waals surface area contributed by atoms with Gasteiger partial charge in [-0.1, -0.05) is 0 Å². The van der Waals surface area contributed by atoms with Gasteiger partial charge >= 0.3 is 0 Å². The van der Waals surface area contributed by atoms with E-state index in [4.69, 9.17) is 5.73 Å². The maximum absolute atomic E-state index is 13.6. The Morgan fingerprint density at radius 2 is 2.03 bits per heavy atom. The van der Waals surface area contributed by atoms with Gasteiger partial charge < -0.3 is 15.5 Å². The van der Waals surface area contributed by atoms with Crippen LogP contribution >= 0.6 is 0 Å². The molecule has 2 N–H and O–H groups in total. The molecule has 0 spiro atoms. The molecule has 3 aliphatic rings. The first-order chi connectivity index (χ1) is 14.3. The summed E-state index contributed by atoms with van der Waals surface area (Å²) in [5, 5.41) is 9.19. The fraction of sp³-hybridized carbons (Fsp3) is 0.571. The lowest BCUT2D eigenvalue weighted by molar-refractivity contribution is -0.141. The van der Waals surface area contributed by atoms with Gasteiger partial charge in [0.05, 0.1) is 24.2 Å². The minimum absolute atomic E-state index is 0.0928. The molecule has 3 fully saturated rings. The predicted molar refractivity (Wildman–Crippen MR) is 104 cm³/mol. The molecule has 7 nitrogen and oxygen atoms in total. The van der Waals surface area contributed by atoms with E-state index < -0.39 is 29.8 Å². The quantitative estimate of drug-likeness (QED) is 0.776. The highest BCUT2D eigenvalue weighted by atomic mass is 19.1. The number of halogens is 2. The Morgan fingerprint density at radius 3 is 2.67 bits per heavy atom. The van der Waals surface area contributed by atoms with Crippen molar-refractivity contribution in [3.8, 4) is 6.07 Å². The fourth-order valence-electron chi connectivity index (χ4n) is 5.08. The number of hydrogen-bond donors (Lipinski definition) is 1. The van der Waals surface area contributed by atoms with Crippen LogP contribution in [0.4, 0.5) is 8.78 Å². The zero-order valence-corrected chi connectivity index (χ0v) is 16.8. The van der Waals surface area contributed by atoms with Gasteiger partial charge in [0.2, 0.25) is 11.8 Å². The molecular weight excluding hydrogens is 392 g/mol. The van der Waals surface area contributed by atoms with E-state index in [1.54, 1.807) is 11.8 Å². The number of likely N-dealkylation sites (tertiary alicyclic amines) is 3. The number of benzene rings is 1. The number of amides is 2. The first kappa shape index (κ1) is 20.7. The van der Waals surface area contributed by atoms with Crippen molar-refractivity contribution in [3.63, 3.8) is 0 Å². The van der Waals surface area contributed by atoms with Crippen LogP contribution in [0.25, 0.3) is 0 Å². The van der Waals surface area contributed by atoms with Crippen LogP contribution in [0.3, 0.4) is 0 Å². The van der Waals surface area contributed by atoms with E-state index in [9.17, 15) is 23.6 Å². The van der Waals surface area contributed by atoms with E-state index in [2.05, 4.69) is 6.07 Å². The first-order valence-corrected chi connectivity index (χ1v) is 10.3. The monoisotopic (exact) mass is 417 g/mol. The van der Waals surface area contributed by atoms with E-state index in [0.29, 0.717) is 31.5 Å². The third-order valence-electron chi connectivity index (χ3n) is 6.53.